The molecule has 2 unspecified atom stereocenters. The van der Waals surface area contributed by atoms with Crippen LogP contribution in [0, 0.1) is 0 Å². The van der Waals surface area contributed by atoms with Gasteiger partial charge in [-0.05, 0) is 48.0 Å². The number of allylic oxidation sites excluding steroid dienone is 2. The van der Waals surface area contributed by atoms with Crippen molar-refractivity contribution in [2.24, 2.45) is 0 Å². The third-order valence-corrected chi connectivity index (χ3v) is 9.13. The molecule has 7 aromatic rings. The number of fused-ring (bicyclic) bond motifs is 9. The number of para-hydroxylation sites is 3. The van der Waals surface area contributed by atoms with Crippen LogP contribution in [0.1, 0.15) is 11.5 Å². The van der Waals surface area contributed by atoms with Crippen LogP contribution in [-0.2, 0) is 0 Å². The van der Waals surface area contributed by atoms with Gasteiger partial charge in [0.15, 0.2) is 0 Å². The fraction of sp³-hybridized carbons (Fsp3) is 0.0556. The molecule has 5 aromatic carbocycles. The number of hydrogen-bond acceptors (Lipinski definition) is 2. The van der Waals surface area contributed by atoms with E-state index in [0.29, 0.717) is 12.0 Å². The van der Waals surface area contributed by atoms with Crippen LogP contribution in [0.25, 0.3) is 47.7 Å². The standard InChI is InChI=1S/C24H15NS.C12H11N/c1-4-10-21-17(7-1)18-8-2-5-11-22(18)25(21)16-13-14-24-20(15-16)19-9-3-6-12-23(19)26-24;1-3-7-11-9(5-1)10-6-2-4-8-12(10)13-11/h1-15H;1-9,11,13H. The lowest BCUT2D eigenvalue weighted by Gasteiger charge is -2.15. The summed E-state index contributed by atoms with van der Waals surface area (Å²) >= 11 is 1.87. The summed E-state index contributed by atoms with van der Waals surface area (Å²) in [7, 11) is 0. The second-order valence-electron chi connectivity index (χ2n) is 10.2. The molecule has 2 aromatic heterocycles. The summed E-state index contributed by atoms with van der Waals surface area (Å²) < 4.78 is 5.08. The van der Waals surface area contributed by atoms with E-state index in [2.05, 4.69) is 149 Å². The van der Waals surface area contributed by atoms with Crippen molar-refractivity contribution in [1.82, 2.24) is 4.57 Å². The van der Waals surface area contributed by atoms with E-state index in [9.17, 15) is 0 Å². The monoisotopic (exact) mass is 518 g/mol. The summed E-state index contributed by atoms with van der Waals surface area (Å²) in [5.41, 5.74) is 6.44. The molecule has 0 bridgehead atoms. The van der Waals surface area contributed by atoms with E-state index in [4.69, 9.17) is 0 Å². The molecule has 0 fully saturated rings. The molecule has 186 valence electrons. The van der Waals surface area contributed by atoms with Crippen LogP contribution >= 0.6 is 11.3 Å². The normalized spacial score (nSPS) is 17.2. The quantitative estimate of drug-likeness (QED) is 0.229. The average molecular weight is 519 g/mol. The van der Waals surface area contributed by atoms with Gasteiger partial charge in [0.1, 0.15) is 0 Å². The Bertz CT molecular complexity index is 2020. The molecule has 9 rings (SSSR count). The van der Waals surface area contributed by atoms with E-state index < -0.39 is 0 Å². The number of hydrogen-bond donors (Lipinski definition) is 1. The molecule has 1 aliphatic heterocycles. The molecular formula is C36H26N2S. The molecular weight excluding hydrogens is 492 g/mol. The minimum atomic E-state index is 0.474. The Morgan fingerprint density at radius 2 is 1.21 bits per heavy atom. The Kier molecular flexibility index (Phi) is 5.17. The Hall–Kier alpha value is -4.60. The highest BCUT2D eigenvalue weighted by atomic mass is 32.1. The van der Waals surface area contributed by atoms with Crippen molar-refractivity contribution in [1.29, 1.82) is 0 Å². The lowest BCUT2D eigenvalue weighted by molar-refractivity contribution is 0.805. The molecule has 0 saturated carbocycles. The summed E-state index contributed by atoms with van der Waals surface area (Å²) in [6.45, 7) is 0. The molecule has 2 nitrogen and oxygen atoms in total. The van der Waals surface area contributed by atoms with Crippen LogP contribution in [0.3, 0.4) is 0 Å². The van der Waals surface area contributed by atoms with Gasteiger partial charge in [-0.15, -0.1) is 11.3 Å². The van der Waals surface area contributed by atoms with Gasteiger partial charge >= 0.3 is 0 Å². The Balaban J connectivity index is 0.000000151. The van der Waals surface area contributed by atoms with Gasteiger partial charge in [0.25, 0.3) is 0 Å². The van der Waals surface area contributed by atoms with Crippen LogP contribution in [-0.4, -0.2) is 10.6 Å². The maximum Gasteiger partial charge on any atom is 0.0551 e. The van der Waals surface area contributed by atoms with Gasteiger partial charge in [-0.3, -0.25) is 0 Å². The van der Waals surface area contributed by atoms with Crippen LogP contribution in [0.2, 0.25) is 0 Å². The molecule has 0 saturated heterocycles. The fourth-order valence-corrected chi connectivity index (χ4v) is 7.28. The highest BCUT2D eigenvalue weighted by molar-refractivity contribution is 7.25. The van der Waals surface area contributed by atoms with E-state index in [0.717, 1.165) is 0 Å². The van der Waals surface area contributed by atoms with Crippen LogP contribution in [0.4, 0.5) is 5.69 Å². The maximum absolute atomic E-state index is 3.50. The maximum atomic E-state index is 3.50. The van der Waals surface area contributed by atoms with Gasteiger partial charge in [0, 0.05) is 48.2 Å². The van der Waals surface area contributed by atoms with Crippen LogP contribution in [0.15, 0.2) is 140 Å². The third kappa shape index (κ3) is 3.62. The molecule has 0 amide bonds. The molecule has 0 spiro atoms. The predicted molar refractivity (Wildman–Crippen MR) is 169 cm³/mol. The summed E-state index contributed by atoms with van der Waals surface area (Å²) in [5, 5.41) is 8.79. The molecule has 1 aliphatic carbocycles. The average Bonchev–Trinajstić information content (AvgIpc) is 3.67. The number of benzene rings is 5. The van der Waals surface area contributed by atoms with Gasteiger partial charge in [-0.2, -0.15) is 0 Å². The van der Waals surface area contributed by atoms with Gasteiger partial charge in [0.05, 0.1) is 17.1 Å². The largest absolute Gasteiger partial charge is 0.378 e. The molecule has 39 heavy (non-hydrogen) atoms. The highest BCUT2D eigenvalue weighted by Crippen LogP contribution is 2.39. The van der Waals surface area contributed by atoms with Gasteiger partial charge < -0.3 is 9.88 Å². The number of aromatic nitrogens is 1. The van der Waals surface area contributed by atoms with Crippen molar-refractivity contribution in [3.05, 3.63) is 145 Å². The number of nitrogens with zero attached hydrogens (tertiary/aromatic N) is 1. The van der Waals surface area contributed by atoms with E-state index in [1.54, 1.807) is 0 Å². The lowest BCUT2D eigenvalue weighted by Crippen LogP contribution is -2.17. The zero-order chi connectivity index (χ0) is 25.8. The van der Waals surface area contributed by atoms with E-state index in [1.807, 2.05) is 11.3 Å². The zero-order valence-electron chi connectivity index (χ0n) is 21.3. The number of rotatable bonds is 1. The first-order chi connectivity index (χ1) is 19.3. The van der Waals surface area contributed by atoms with E-state index >= 15 is 0 Å². The zero-order valence-corrected chi connectivity index (χ0v) is 22.1. The number of anilines is 1. The van der Waals surface area contributed by atoms with E-state index in [-0.39, 0.29) is 0 Å². The Labute approximate surface area is 231 Å². The summed E-state index contributed by atoms with van der Waals surface area (Å²) in [6, 6.07) is 41.9. The predicted octanol–water partition coefficient (Wildman–Crippen LogP) is 9.84. The van der Waals surface area contributed by atoms with Crippen molar-refractivity contribution in [3.8, 4) is 5.69 Å². The molecule has 2 aliphatic rings. The summed E-state index contributed by atoms with van der Waals surface area (Å²) in [5.74, 6) is 0.543. The molecule has 3 heteroatoms. The molecule has 1 N–H and O–H groups in total. The smallest absolute Gasteiger partial charge is 0.0551 e. The summed E-state index contributed by atoms with van der Waals surface area (Å²) in [4.78, 5) is 0. The molecule has 3 heterocycles. The van der Waals surface area contributed by atoms with Crippen molar-refractivity contribution in [3.63, 3.8) is 0 Å². The second kappa shape index (κ2) is 9.00. The van der Waals surface area contributed by atoms with Crippen molar-refractivity contribution in [2.75, 3.05) is 5.32 Å². The minimum Gasteiger partial charge on any atom is -0.378 e. The first kappa shape index (κ1) is 22.4. The number of thiophene rings is 1. The van der Waals surface area contributed by atoms with Crippen LogP contribution in [0.5, 0.6) is 0 Å². The lowest BCUT2D eigenvalue weighted by atomic mass is 9.92. The van der Waals surface area contributed by atoms with Gasteiger partial charge in [0.2, 0.25) is 0 Å². The van der Waals surface area contributed by atoms with Crippen molar-refractivity contribution in [2.45, 2.75) is 12.0 Å². The molecule has 0 radical (unpaired) electrons. The SMILES string of the molecule is C1=CC2Nc3ccccc3C2C=C1.c1ccc2c(c1)sc1ccc(-n3c4ccccc4c4ccccc43)cc12. The first-order valence-corrected chi connectivity index (χ1v) is 14.3. The Morgan fingerprint density at radius 1 is 0.564 bits per heavy atom. The topological polar surface area (TPSA) is 17.0 Å². The van der Waals surface area contributed by atoms with Crippen LogP contribution < -0.4 is 5.32 Å². The fourth-order valence-electron chi connectivity index (χ4n) is 6.19. The minimum absolute atomic E-state index is 0.474. The van der Waals surface area contributed by atoms with Crippen molar-refractivity contribution >= 4 is 59.0 Å². The molecule has 2 atom stereocenters. The third-order valence-electron chi connectivity index (χ3n) is 7.98. The summed E-state index contributed by atoms with van der Waals surface area (Å²) in [6.07, 6.45) is 8.74. The Morgan fingerprint density at radius 3 is 2.03 bits per heavy atom. The highest BCUT2D eigenvalue weighted by Gasteiger charge is 2.28. The first-order valence-electron chi connectivity index (χ1n) is 13.5. The van der Waals surface area contributed by atoms with Gasteiger partial charge in [-0.1, -0.05) is 97.1 Å². The second-order valence-corrected chi connectivity index (χ2v) is 11.3. The number of nitrogens with one attached hydrogen (secondary N) is 1. The van der Waals surface area contributed by atoms with E-state index in [1.165, 1.54) is 58.9 Å². The van der Waals surface area contributed by atoms with Crippen molar-refractivity contribution < 1.29 is 0 Å². The van der Waals surface area contributed by atoms with Gasteiger partial charge in [-0.25, -0.2) is 0 Å².